The summed E-state index contributed by atoms with van der Waals surface area (Å²) >= 11 is 0. The molecule has 1 aliphatic rings. The van der Waals surface area contributed by atoms with Crippen LogP contribution in [0, 0.1) is 0 Å². The number of rotatable bonds is 5. The Labute approximate surface area is 137 Å². The van der Waals surface area contributed by atoms with Crippen LogP contribution in [0.3, 0.4) is 0 Å². The zero-order valence-corrected chi connectivity index (χ0v) is 14.1. The van der Waals surface area contributed by atoms with Crippen molar-refractivity contribution in [3.05, 3.63) is 48.3 Å². The number of nitrogens with zero attached hydrogens (tertiary/aromatic N) is 4. The molecule has 0 saturated carbocycles. The lowest BCUT2D eigenvalue weighted by atomic mass is 9.97. The molecule has 0 aromatic carbocycles. The highest BCUT2D eigenvalue weighted by Gasteiger charge is 2.29. The third kappa shape index (κ3) is 3.61. The normalized spacial score (nSPS) is 17.4. The fourth-order valence-corrected chi connectivity index (χ4v) is 4.21. The van der Waals surface area contributed by atoms with Gasteiger partial charge in [-0.05, 0) is 37.5 Å². The Bertz CT molecular complexity index is 734. The Morgan fingerprint density at radius 2 is 1.87 bits per heavy atom. The molecule has 6 nitrogen and oxygen atoms in total. The fourth-order valence-electron chi connectivity index (χ4n) is 3.07. The molecule has 2 aromatic heterocycles. The van der Waals surface area contributed by atoms with Gasteiger partial charge in [0, 0.05) is 50.3 Å². The topological polar surface area (TPSA) is 68.1 Å². The van der Waals surface area contributed by atoms with Crippen molar-refractivity contribution >= 4 is 10.0 Å². The number of hydrogen-bond donors (Lipinski definition) is 0. The third-order valence-corrected chi connectivity index (χ3v) is 6.31. The van der Waals surface area contributed by atoms with E-state index >= 15 is 0 Å². The molecule has 124 valence electrons. The molecule has 0 atom stereocenters. The van der Waals surface area contributed by atoms with E-state index in [1.165, 1.54) is 5.56 Å². The zero-order chi connectivity index (χ0) is 16.3. The van der Waals surface area contributed by atoms with Gasteiger partial charge in [-0.15, -0.1) is 0 Å². The second-order valence-electron chi connectivity index (χ2n) is 5.84. The summed E-state index contributed by atoms with van der Waals surface area (Å²) in [5.41, 5.74) is 1.19. The smallest absolute Gasteiger partial charge is 0.213 e. The van der Waals surface area contributed by atoms with Crippen LogP contribution in [-0.2, 0) is 16.6 Å². The Kier molecular flexibility index (Phi) is 4.77. The van der Waals surface area contributed by atoms with Crippen LogP contribution in [-0.4, -0.2) is 46.1 Å². The number of pyridine rings is 1. The molecule has 3 heterocycles. The molecule has 23 heavy (non-hydrogen) atoms. The number of imidazole rings is 1. The Morgan fingerprint density at radius 1 is 1.17 bits per heavy atom. The highest BCUT2D eigenvalue weighted by Crippen LogP contribution is 2.28. The lowest BCUT2D eigenvalue weighted by Gasteiger charge is -2.30. The second-order valence-corrected chi connectivity index (χ2v) is 8.10. The SMILES string of the molecule is CCS(=O)(=O)N1CCC(c2nccn2Cc2ccncc2)CC1. The van der Waals surface area contributed by atoms with Gasteiger partial charge in [-0.1, -0.05) is 0 Å². The Hall–Kier alpha value is -1.73. The molecule has 0 radical (unpaired) electrons. The van der Waals surface area contributed by atoms with Gasteiger partial charge in [0.1, 0.15) is 5.82 Å². The van der Waals surface area contributed by atoms with E-state index in [9.17, 15) is 8.42 Å². The van der Waals surface area contributed by atoms with Crippen molar-refractivity contribution in [2.75, 3.05) is 18.8 Å². The predicted octanol–water partition coefficient (Wildman–Crippen LogP) is 1.86. The van der Waals surface area contributed by atoms with Crippen LogP contribution in [0.25, 0.3) is 0 Å². The molecule has 2 aromatic rings. The van der Waals surface area contributed by atoms with Crippen molar-refractivity contribution in [1.82, 2.24) is 18.8 Å². The van der Waals surface area contributed by atoms with E-state index < -0.39 is 10.0 Å². The first-order chi connectivity index (χ1) is 11.1. The van der Waals surface area contributed by atoms with Gasteiger partial charge in [-0.25, -0.2) is 17.7 Å². The summed E-state index contributed by atoms with van der Waals surface area (Å²) in [6.07, 6.45) is 9.05. The zero-order valence-electron chi connectivity index (χ0n) is 13.3. The van der Waals surface area contributed by atoms with Gasteiger partial charge in [0.15, 0.2) is 0 Å². The van der Waals surface area contributed by atoms with Crippen molar-refractivity contribution in [2.24, 2.45) is 0 Å². The van der Waals surface area contributed by atoms with Crippen molar-refractivity contribution in [1.29, 1.82) is 0 Å². The van der Waals surface area contributed by atoms with Crippen molar-refractivity contribution in [2.45, 2.75) is 32.2 Å². The van der Waals surface area contributed by atoms with Crippen LogP contribution in [0.1, 0.15) is 37.1 Å². The highest BCUT2D eigenvalue weighted by atomic mass is 32.2. The summed E-state index contributed by atoms with van der Waals surface area (Å²) in [7, 11) is -3.07. The first kappa shape index (κ1) is 16.1. The largest absolute Gasteiger partial charge is 0.330 e. The maximum atomic E-state index is 12.0. The third-order valence-electron chi connectivity index (χ3n) is 4.43. The maximum absolute atomic E-state index is 12.0. The molecular weight excluding hydrogens is 312 g/mol. The molecule has 1 fully saturated rings. The minimum Gasteiger partial charge on any atom is -0.330 e. The van der Waals surface area contributed by atoms with Crippen LogP contribution in [0.15, 0.2) is 36.9 Å². The summed E-state index contributed by atoms with van der Waals surface area (Å²) in [5, 5.41) is 0. The summed E-state index contributed by atoms with van der Waals surface area (Å²) in [6.45, 7) is 3.64. The lowest BCUT2D eigenvalue weighted by molar-refractivity contribution is 0.310. The van der Waals surface area contributed by atoms with Gasteiger partial charge >= 0.3 is 0 Å². The molecule has 0 aliphatic carbocycles. The van der Waals surface area contributed by atoms with E-state index in [1.807, 2.05) is 24.5 Å². The van der Waals surface area contributed by atoms with E-state index in [2.05, 4.69) is 14.5 Å². The molecule has 0 N–H and O–H groups in total. The van der Waals surface area contributed by atoms with E-state index in [-0.39, 0.29) is 5.75 Å². The van der Waals surface area contributed by atoms with E-state index in [0.717, 1.165) is 25.2 Å². The molecular formula is C16H22N4O2S. The number of hydrogen-bond acceptors (Lipinski definition) is 4. The van der Waals surface area contributed by atoms with E-state index in [4.69, 9.17) is 0 Å². The first-order valence-electron chi connectivity index (χ1n) is 7.98. The van der Waals surface area contributed by atoms with Crippen LogP contribution >= 0.6 is 0 Å². The van der Waals surface area contributed by atoms with Gasteiger partial charge in [0.25, 0.3) is 0 Å². The van der Waals surface area contributed by atoms with Gasteiger partial charge in [-0.2, -0.15) is 0 Å². The van der Waals surface area contributed by atoms with Gasteiger partial charge in [0.05, 0.1) is 5.75 Å². The average Bonchev–Trinajstić information content (AvgIpc) is 3.04. The Morgan fingerprint density at radius 3 is 2.52 bits per heavy atom. The standard InChI is InChI=1S/C16H22N4O2S/c1-2-23(21,22)20-10-5-15(6-11-20)16-18-9-12-19(16)13-14-3-7-17-8-4-14/h3-4,7-9,12,15H,2,5-6,10-11,13H2,1H3. The molecule has 0 bridgehead atoms. The van der Waals surface area contributed by atoms with Crippen LogP contribution in [0.5, 0.6) is 0 Å². The van der Waals surface area contributed by atoms with E-state index in [0.29, 0.717) is 19.0 Å². The molecule has 0 amide bonds. The average molecular weight is 334 g/mol. The minimum absolute atomic E-state index is 0.175. The molecule has 0 spiro atoms. The summed E-state index contributed by atoms with van der Waals surface area (Å²) < 4.78 is 27.7. The summed E-state index contributed by atoms with van der Waals surface area (Å²) in [4.78, 5) is 8.56. The van der Waals surface area contributed by atoms with Crippen LogP contribution in [0.4, 0.5) is 0 Å². The number of sulfonamides is 1. The molecule has 0 unspecified atom stereocenters. The fraction of sp³-hybridized carbons (Fsp3) is 0.500. The molecule has 1 saturated heterocycles. The van der Waals surface area contributed by atoms with Crippen LogP contribution < -0.4 is 0 Å². The first-order valence-corrected chi connectivity index (χ1v) is 9.59. The monoisotopic (exact) mass is 334 g/mol. The summed E-state index contributed by atoms with van der Waals surface area (Å²) in [6, 6.07) is 4.00. The van der Waals surface area contributed by atoms with Crippen LogP contribution in [0.2, 0.25) is 0 Å². The van der Waals surface area contributed by atoms with Crippen molar-refractivity contribution in [3.8, 4) is 0 Å². The quantitative estimate of drug-likeness (QED) is 0.837. The highest BCUT2D eigenvalue weighted by molar-refractivity contribution is 7.89. The van der Waals surface area contributed by atoms with Gasteiger partial charge in [-0.3, -0.25) is 4.98 Å². The number of piperidine rings is 1. The van der Waals surface area contributed by atoms with Crippen molar-refractivity contribution in [3.63, 3.8) is 0 Å². The van der Waals surface area contributed by atoms with Gasteiger partial charge < -0.3 is 4.57 Å². The maximum Gasteiger partial charge on any atom is 0.213 e. The number of aromatic nitrogens is 3. The summed E-state index contributed by atoms with van der Waals surface area (Å²) in [5.74, 6) is 1.54. The van der Waals surface area contributed by atoms with Crippen molar-refractivity contribution < 1.29 is 8.42 Å². The van der Waals surface area contributed by atoms with E-state index in [1.54, 1.807) is 23.6 Å². The molecule has 3 rings (SSSR count). The molecule has 7 heteroatoms. The minimum atomic E-state index is -3.07. The van der Waals surface area contributed by atoms with Gasteiger partial charge in [0.2, 0.25) is 10.0 Å². The second kappa shape index (κ2) is 6.80. The lowest BCUT2D eigenvalue weighted by Crippen LogP contribution is -2.39. The molecule has 1 aliphatic heterocycles. The Balaban J connectivity index is 1.69. The predicted molar refractivity (Wildman–Crippen MR) is 88.6 cm³/mol.